The lowest BCUT2D eigenvalue weighted by Crippen LogP contribution is -2.02. The van der Waals surface area contributed by atoms with Gasteiger partial charge in [-0.3, -0.25) is 4.79 Å². The van der Waals surface area contributed by atoms with Crippen molar-refractivity contribution in [3.8, 4) is 11.5 Å². The van der Waals surface area contributed by atoms with Gasteiger partial charge in [-0.1, -0.05) is 24.8 Å². The van der Waals surface area contributed by atoms with Crippen molar-refractivity contribution in [3.63, 3.8) is 0 Å². The van der Waals surface area contributed by atoms with Crippen LogP contribution in [0.3, 0.4) is 0 Å². The van der Waals surface area contributed by atoms with E-state index in [1.165, 1.54) is 6.08 Å². The van der Waals surface area contributed by atoms with Crippen molar-refractivity contribution in [2.45, 2.75) is 0 Å². The minimum Gasteiger partial charge on any atom is -0.497 e. The summed E-state index contributed by atoms with van der Waals surface area (Å²) in [7, 11) is 1.58. The normalized spacial score (nSPS) is 10.3. The molecular weight excluding hydrogens is 292 g/mol. The minimum atomic E-state index is -0.511. The van der Waals surface area contributed by atoms with E-state index in [0.717, 1.165) is 11.6 Å². The molecule has 2 aromatic rings. The number of esters is 1. The minimum absolute atomic E-state index is 0.102. The molecule has 0 atom stereocenters. The van der Waals surface area contributed by atoms with Gasteiger partial charge in [0, 0.05) is 11.6 Å². The fraction of sp³-hybridized carbons (Fsp3) is 0.0526. The van der Waals surface area contributed by atoms with Crippen LogP contribution in [0.25, 0.3) is 6.08 Å². The Kier molecular flexibility index (Phi) is 5.47. The Balaban J connectivity index is 2.02. The zero-order valence-electron chi connectivity index (χ0n) is 12.7. The van der Waals surface area contributed by atoms with Gasteiger partial charge in [0.05, 0.1) is 7.11 Å². The van der Waals surface area contributed by atoms with E-state index in [4.69, 9.17) is 9.47 Å². The molecule has 0 N–H and O–H groups in total. The maximum atomic E-state index is 12.1. The number of benzene rings is 2. The summed E-state index contributed by atoms with van der Waals surface area (Å²) in [5.74, 6) is 0.515. The van der Waals surface area contributed by atoms with Gasteiger partial charge in [-0.25, -0.2) is 4.79 Å². The molecule has 0 spiro atoms. The monoisotopic (exact) mass is 308 g/mol. The number of carbonyl (C=O) groups excluding carboxylic acids is 2. The van der Waals surface area contributed by atoms with Crippen LogP contribution in [-0.4, -0.2) is 18.9 Å². The molecule has 23 heavy (non-hydrogen) atoms. The summed E-state index contributed by atoms with van der Waals surface area (Å²) in [6.07, 6.45) is 4.29. The van der Waals surface area contributed by atoms with Crippen molar-refractivity contribution in [2.75, 3.05) is 7.11 Å². The van der Waals surface area contributed by atoms with Crippen molar-refractivity contribution in [1.29, 1.82) is 0 Å². The van der Waals surface area contributed by atoms with Gasteiger partial charge in [0.1, 0.15) is 11.5 Å². The van der Waals surface area contributed by atoms with Gasteiger partial charge in [-0.2, -0.15) is 0 Å². The Hall–Kier alpha value is -3.14. The number of rotatable bonds is 6. The maximum absolute atomic E-state index is 12.1. The fourth-order valence-electron chi connectivity index (χ4n) is 1.83. The molecule has 0 aliphatic heterocycles. The molecule has 0 fully saturated rings. The smallest absolute Gasteiger partial charge is 0.335 e. The van der Waals surface area contributed by atoms with Crippen LogP contribution in [-0.2, 0) is 4.79 Å². The van der Waals surface area contributed by atoms with Crippen LogP contribution < -0.4 is 9.47 Å². The fourth-order valence-corrected chi connectivity index (χ4v) is 1.83. The highest BCUT2D eigenvalue weighted by atomic mass is 16.5. The summed E-state index contributed by atoms with van der Waals surface area (Å²) in [6, 6.07) is 13.7. The molecule has 2 rings (SSSR count). The summed E-state index contributed by atoms with van der Waals surface area (Å²) in [4.78, 5) is 23.1. The molecule has 0 aliphatic carbocycles. The van der Waals surface area contributed by atoms with E-state index in [2.05, 4.69) is 6.58 Å². The lowest BCUT2D eigenvalue weighted by Gasteiger charge is -2.01. The molecule has 0 aliphatic rings. The summed E-state index contributed by atoms with van der Waals surface area (Å²) >= 11 is 0. The van der Waals surface area contributed by atoms with Crippen LogP contribution in [0, 0.1) is 0 Å². The van der Waals surface area contributed by atoms with Gasteiger partial charge >= 0.3 is 5.97 Å². The summed E-state index contributed by atoms with van der Waals surface area (Å²) in [5, 5.41) is 0. The molecule has 0 unspecified atom stereocenters. The van der Waals surface area contributed by atoms with E-state index < -0.39 is 5.97 Å². The van der Waals surface area contributed by atoms with E-state index in [-0.39, 0.29) is 5.78 Å². The molecule has 116 valence electrons. The second-order valence-electron chi connectivity index (χ2n) is 4.62. The first-order chi connectivity index (χ1) is 11.1. The number of carbonyl (C=O) groups is 2. The summed E-state index contributed by atoms with van der Waals surface area (Å²) in [5.41, 5.74) is 1.41. The van der Waals surface area contributed by atoms with Gasteiger partial charge in [-0.15, -0.1) is 0 Å². The maximum Gasteiger partial charge on any atom is 0.335 e. The number of allylic oxidation sites excluding steroid dienone is 1. The van der Waals surface area contributed by atoms with Gasteiger partial charge in [0.2, 0.25) is 0 Å². The first-order valence-corrected chi connectivity index (χ1v) is 6.93. The van der Waals surface area contributed by atoms with E-state index in [1.54, 1.807) is 61.7 Å². The van der Waals surface area contributed by atoms with Crippen LogP contribution in [0.2, 0.25) is 0 Å². The third kappa shape index (κ3) is 4.68. The second kappa shape index (κ2) is 7.75. The molecule has 0 radical (unpaired) electrons. The number of ketones is 1. The van der Waals surface area contributed by atoms with Crippen molar-refractivity contribution in [3.05, 3.63) is 78.4 Å². The third-order valence-electron chi connectivity index (χ3n) is 3.07. The van der Waals surface area contributed by atoms with Crippen LogP contribution in [0.5, 0.6) is 11.5 Å². The molecule has 0 amide bonds. The Morgan fingerprint density at radius 1 is 0.957 bits per heavy atom. The molecule has 4 nitrogen and oxygen atoms in total. The predicted molar refractivity (Wildman–Crippen MR) is 88.6 cm³/mol. The van der Waals surface area contributed by atoms with Crippen LogP contribution in [0.1, 0.15) is 15.9 Å². The van der Waals surface area contributed by atoms with Gasteiger partial charge in [0.15, 0.2) is 5.78 Å². The molecule has 0 saturated carbocycles. The third-order valence-corrected chi connectivity index (χ3v) is 3.07. The number of hydrogen-bond acceptors (Lipinski definition) is 4. The Bertz CT molecular complexity index is 725. The lowest BCUT2D eigenvalue weighted by molar-refractivity contribution is -0.128. The van der Waals surface area contributed by atoms with Gasteiger partial charge in [0.25, 0.3) is 0 Å². The zero-order chi connectivity index (χ0) is 16.7. The molecule has 0 saturated heterocycles. The second-order valence-corrected chi connectivity index (χ2v) is 4.62. The van der Waals surface area contributed by atoms with Crippen LogP contribution in [0.15, 0.2) is 67.3 Å². The van der Waals surface area contributed by atoms with E-state index in [0.29, 0.717) is 17.1 Å². The zero-order valence-corrected chi connectivity index (χ0v) is 12.7. The number of hydrogen-bond donors (Lipinski definition) is 0. The SMILES string of the molecule is C=CC(=O)Oc1ccc(C=CC(=O)c2ccc(OC)cc2)cc1. The Morgan fingerprint density at radius 2 is 1.57 bits per heavy atom. The average molecular weight is 308 g/mol. The average Bonchev–Trinajstić information content (AvgIpc) is 2.60. The Morgan fingerprint density at radius 3 is 2.13 bits per heavy atom. The van der Waals surface area contributed by atoms with Gasteiger partial charge < -0.3 is 9.47 Å². The molecule has 4 heteroatoms. The summed E-state index contributed by atoms with van der Waals surface area (Å²) < 4.78 is 10.0. The molecule has 0 aromatic heterocycles. The highest BCUT2D eigenvalue weighted by Crippen LogP contribution is 2.15. The van der Waals surface area contributed by atoms with E-state index in [9.17, 15) is 9.59 Å². The largest absolute Gasteiger partial charge is 0.497 e. The molecule has 2 aromatic carbocycles. The first-order valence-electron chi connectivity index (χ1n) is 6.93. The van der Waals surface area contributed by atoms with E-state index >= 15 is 0 Å². The Labute approximate surface area is 134 Å². The standard InChI is InChI=1S/C19H16O4/c1-3-19(21)23-17-9-4-14(5-10-17)6-13-18(20)15-7-11-16(22-2)12-8-15/h3-13H,1H2,2H3. The number of ether oxygens (including phenoxy) is 2. The first kappa shape index (κ1) is 16.2. The highest BCUT2D eigenvalue weighted by molar-refractivity contribution is 6.06. The molecular formula is C19H16O4. The van der Waals surface area contributed by atoms with Crippen molar-refractivity contribution in [1.82, 2.24) is 0 Å². The summed E-state index contributed by atoms with van der Waals surface area (Å²) in [6.45, 7) is 3.33. The lowest BCUT2D eigenvalue weighted by atomic mass is 10.1. The molecule has 0 bridgehead atoms. The highest BCUT2D eigenvalue weighted by Gasteiger charge is 2.02. The predicted octanol–water partition coefficient (Wildman–Crippen LogP) is 3.68. The van der Waals surface area contributed by atoms with Crippen molar-refractivity contribution >= 4 is 17.8 Å². The topological polar surface area (TPSA) is 52.6 Å². The van der Waals surface area contributed by atoms with E-state index in [1.807, 2.05) is 0 Å². The van der Waals surface area contributed by atoms with Crippen LogP contribution >= 0.6 is 0 Å². The van der Waals surface area contributed by atoms with Crippen LogP contribution in [0.4, 0.5) is 0 Å². The van der Waals surface area contributed by atoms with Gasteiger partial charge in [-0.05, 0) is 48.0 Å². The molecule has 0 heterocycles. The van der Waals surface area contributed by atoms with Crippen molar-refractivity contribution < 1.29 is 19.1 Å². The quantitative estimate of drug-likeness (QED) is 0.353. The number of methoxy groups -OCH3 is 1. The van der Waals surface area contributed by atoms with Crippen molar-refractivity contribution in [2.24, 2.45) is 0 Å².